The summed E-state index contributed by atoms with van der Waals surface area (Å²) in [6.45, 7) is 1.60. The van der Waals surface area contributed by atoms with E-state index in [1.807, 2.05) is 0 Å². The van der Waals surface area contributed by atoms with Gasteiger partial charge in [-0.1, -0.05) is 30.3 Å². The lowest BCUT2D eigenvalue weighted by molar-refractivity contribution is -0.278. The van der Waals surface area contributed by atoms with Crippen LogP contribution in [0.3, 0.4) is 0 Å². The Bertz CT molecular complexity index is 815. The Kier molecular flexibility index (Phi) is 6.50. The van der Waals surface area contributed by atoms with Gasteiger partial charge in [0.2, 0.25) is 0 Å². The number of methoxy groups -OCH3 is 2. The Labute approximate surface area is 159 Å². The van der Waals surface area contributed by atoms with Crippen LogP contribution >= 0.6 is 0 Å². The van der Waals surface area contributed by atoms with Gasteiger partial charge in [0.05, 0.1) is 26.1 Å². The molecule has 28 heavy (non-hydrogen) atoms. The summed E-state index contributed by atoms with van der Waals surface area (Å²) in [5.41, 5.74) is -3.06. The molecule has 0 aliphatic rings. The fraction of sp³-hybridized carbons (Fsp3) is 0.368. The molecule has 1 heterocycles. The summed E-state index contributed by atoms with van der Waals surface area (Å²) in [5.74, 6) is -2.48. The number of alkyl halides is 3. The third-order valence-electron chi connectivity index (χ3n) is 4.24. The molecule has 0 radical (unpaired) electrons. The van der Waals surface area contributed by atoms with E-state index in [-0.39, 0.29) is 5.56 Å². The van der Waals surface area contributed by atoms with Crippen molar-refractivity contribution in [3.05, 3.63) is 59.5 Å². The van der Waals surface area contributed by atoms with E-state index >= 15 is 0 Å². The third-order valence-corrected chi connectivity index (χ3v) is 4.24. The van der Waals surface area contributed by atoms with Gasteiger partial charge in [-0.25, -0.2) is 4.79 Å². The average molecular weight is 400 g/mol. The second-order valence-corrected chi connectivity index (χ2v) is 5.93. The fourth-order valence-electron chi connectivity index (χ4n) is 2.75. The average Bonchev–Trinajstić information content (AvgIpc) is 3.07. The van der Waals surface area contributed by atoms with Crippen LogP contribution < -0.4 is 0 Å². The SMILES string of the molecule is COC(=O)C[C@@H](OC(=O)[C@](OC)(c1ccccc1)C(F)(F)F)c1cocc1C. The van der Waals surface area contributed by atoms with Gasteiger partial charge in [0.15, 0.2) is 0 Å². The molecular formula is C19H19F3O6. The minimum absolute atomic E-state index is 0.249. The van der Waals surface area contributed by atoms with Crippen molar-refractivity contribution in [2.24, 2.45) is 0 Å². The topological polar surface area (TPSA) is 75.0 Å². The summed E-state index contributed by atoms with van der Waals surface area (Å²) in [4.78, 5) is 24.5. The highest BCUT2D eigenvalue weighted by Crippen LogP contribution is 2.44. The number of carbonyl (C=O) groups is 2. The third kappa shape index (κ3) is 4.04. The van der Waals surface area contributed by atoms with Crippen LogP contribution in [0.1, 0.15) is 29.2 Å². The van der Waals surface area contributed by atoms with Gasteiger partial charge in [0.25, 0.3) is 5.60 Å². The first-order chi connectivity index (χ1) is 13.2. The molecule has 0 N–H and O–H groups in total. The van der Waals surface area contributed by atoms with Crippen molar-refractivity contribution in [2.45, 2.75) is 31.2 Å². The van der Waals surface area contributed by atoms with E-state index in [0.29, 0.717) is 5.56 Å². The van der Waals surface area contributed by atoms with Crippen molar-refractivity contribution in [3.8, 4) is 0 Å². The maximum Gasteiger partial charge on any atom is 0.432 e. The summed E-state index contributed by atoms with van der Waals surface area (Å²) in [7, 11) is 1.88. The van der Waals surface area contributed by atoms with Crippen LogP contribution in [-0.4, -0.2) is 32.3 Å². The Morgan fingerprint density at radius 3 is 2.21 bits per heavy atom. The summed E-state index contributed by atoms with van der Waals surface area (Å²) < 4.78 is 61.3. The van der Waals surface area contributed by atoms with Crippen LogP contribution in [0.4, 0.5) is 13.2 Å². The summed E-state index contributed by atoms with van der Waals surface area (Å²) in [5, 5.41) is 0. The van der Waals surface area contributed by atoms with Crippen molar-refractivity contribution in [3.63, 3.8) is 0 Å². The predicted molar refractivity (Wildman–Crippen MR) is 90.1 cm³/mol. The Balaban J connectivity index is 2.48. The molecule has 0 bridgehead atoms. The van der Waals surface area contributed by atoms with Crippen molar-refractivity contribution >= 4 is 11.9 Å². The van der Waals surface area contributed by atoms with Gasteiger partial charge < -0.3 is 18.6 Å². The Morgan fingerprint density at radius 2 is 1.75 bits per heavy atom. The Morgan fingerprint density at radius 1 is 1.11 bits per heavy atom. The molecule has 0 saturated heterocycles. The molecular weight excluding hydrogens is 381 g/mol. The molecule has 0 spiro atoms. The van der Waals surface area contributed by atoms with E-state index in [1.54, 1.807) is 6.92 Å². The number of benzene rings is 1. The summed E-state index contributed by atoms with van der Waals surface area (Å²) in [6, 6.07) is 6.40. The number of hydrogen-bond donors (Lipinski definition) is 0. The molecule has 0 fully saturated rings. The first-order valence-corrected chi connectivity index (χ1v) is 8.15. The molecule has 1 aromatic carbocycles. The number of furan rings is 1. The molecule has 2 atom stereocenters. The van der Waals surface area contributed by atoms with Gasteiger partial charge in [0, 0.05) is 18.2 Å². The molecule has 2 rings (SSSR count). The van der Waals surface area contributed by atoms with E-state index in [1.165, 1.54) is 30.7 Å². The highest BCUT2D eigenvalue weighted by atomic mass is 19.4. The highest BCUT2D eigenvalue weighted by Gasteiger charge is 2.64. The van der Waals surface area contributed by atoms with Crippen molar-refractivity contribution < 1.29 is 41.4 Å². The van der Waals surface area contributed by atoms with Gasteiger partial charge in [0.1, 0.15) is 6.10 Å². The molecule has 0 saturated carbocycles. The number of aryl methyl sites for hydroxylation is 1. The molecule has 0 amide bonds. The molecule has 152 valence electrons. The van der Waals surface area contributed by atoms with E-state index in [9.17, 15) is 22.8 Å². The van der Waals surface area contributed by atoms with Crippen LogP contribution in [0.25, 0.3) is 0 Å². The van der Waals surface area contributed by atoms with Crippen molar-refractivity contribution in [1.29, 1.82) is 0 Å². The lowest BCUT2D eigenvalue weighted by Crippen LogP contribution is -2.52. The smallest absolute Gasteiger partial charge is 0.432 e. The Hall–Kier alpha value is -2.81. The van der Waals surface area contributed by atoms with Gasteiger partial charge in [-0.05, 0) is 12.5 Å². The van der Waals surface area contributed by atoms with E-state index < -0.39 is 41.8 Å². The van der Waals surface area contributed by atoms with Gasteiger partial charge >= 0.3 is 18.1 Å². The van der Waals surface area contributed by atoms with Crippen LogP contribution in [-0.2, 0) is 29.4 Å². The van der Waals surface area contributed by atoms with E-state index in [4.69, 9.17) is 13.9 Å². The van der Waals surface area contributed by atoms with E-state index in [0.717, 1.165) is 26.4 Å². The van der Waals surface area contributed by atoms with Crippen LogP contribution in [0, 0.1) is 6.92 Å². The summed E-state index contributed by atoms with van der Waals surface area (Å²) >= 11 is 0. The van der Waals surface area contributed by atoms with Crippen molar-refractivity contribution in [2.75, 3.05) is 14.2 Å². The maximum atomic E-state index is 14.0. The normalized spacial score (nSPS) is 14.8. The zero-order valence-corrected chi connectivity index (χ0v) is 15.4. The first-order valence-electron chi connectivity index (χ1n) is 8.15. The lowest BCUT2D eigenvalue weighted by Gasteiger charge is -2.33. The second kappa shape index (κ2) is 8.47. The number of ether oxygens (including phenoxy) is 3. The number of halogens is 3. The summed E-state index contributed by atoms with van der Waals surface area (Å²) in [6.07, 6.45) is -4.45. The lowest BCUT2D eigenvalue weighted by atomic mass is 9.92. The monoisotopic (exact) mass is 400 g/mol. The number of rotatable bonds is 7. The molecule has 0 unspecified atom stereocenters. The highest BCUT2D eigenvalue weighted by molar-refractivity contribution is 5.83. The van der Waals surface area contributed by atoms with Gasteiger partial charge in [-0.15, -0.1) is 0 Å². The zero-order valence-electron chi connectivity index (χ0n) is 15.4. The number of hydrogen-bond acceptors (Lipinski definition) is 6. The van der Waals surface area contributed by atoms with Crippen LogP contribution in [0.5, 0.6) is 0 Å². The molecule has 0 aliphatic carbocycles. The molecule has 2 aromatic rings. The van der Waals surface area contributed by atoms with Crippen LogP contribution in [0.15, 0.2) is 47.3 Å². The van der Waals surface area contributed by atoms with E-state index in [2.05, 4.69) is 4.74 Å². The van der Waals surface area contributed by atoms with Gasteiger partial charge in [-0.3, -0.25) is 4.79 Å². The zero-order chi connectivity index (χ0) is 20.9. The largest absolute Gasteiger partial charge is 0.472 e. The van der Waals surface area contributed by atoms with Gasteiger partial charge in [-0.2, -0.15) is 13.2 Å². The molecule has 1 aromatic heterocycles. The predicted octanol–water partition coefficient (Wildman–Crippen LogP) is 3.84. The van der Waals surface area contributed by atoms with Crippen molar-refractivity contribution in [1.82, 2.24) is 0 Å². The van der Waals surface area contributed by atoms with Crippen LogP contribution in [0.2, 0.25) is 0 Å². The quantitative estimate of drug-likeness (QED) is 0.658. The molecule has 9 heteroatoms. The minimum Gasteiger partial charge on any atom is -0.472 e. The minimum atomic E-state index is -5.12. The second-order valence-electron chi connectivity index (χ2n) is 5.93. The first kappa shape index (κ1) is 21.5. The maximum absolute atomic E-state index is 14.0. The molecule has 0 aliphatic heterocycles. The molecule has 6 nitrogen and oxygen atoms in total. The number of esters is 2. The standard InChI is InChI=1S/C19H19F3O6/c1-12-10-27-11-14(12)15(9-16(23)25-2)28-17(24)18(26-3,19(20,21)22)13-7-5-4-6-8-13/h4-8,10-11,15H,9H2,1-3H3/t15-,18-/m1/s1. The number of carbonyl (C=O) groups excluding carboxylic acids is 2. The fourth-order valence-corrected chi connectivity index (χ4v) is 2.75.